The van der Waals surface area contributed by atoms with Gasteiger partial charge in [0.2, 0.25) is 0 Å². The minimum atomic E-state index is 0.440. The van der Waals surface area contributed by atoms with Gasteiger partial charge in [0.25, 0.3) is 0 Å². The third kappa shape index (κ3) is 6.53. The summed E-state index contributed by atoms with van der Waals surface area (Å²) >= 11 is 0. The Balaban J connectivity index is 1.33. The maximum Gasteiger partial charge on any atom is 0.191 e. The van der Waals surface area contributed by atoms with Gasteiger partial charge in [0, 0.05) is 45.1 Å². The van der Waals surface area contributed by atoms with Crippen molar-refractivity contribution in [1.29, 1.82) is 0 Å². The first-order valence-corrected chi connectivity index (χ1v) is 9.46. The van der Waals surface area contributed by atoms with Crippen LogP contribution in [-0.4, -0.2) is 60.2 Å². The normalized spacial score (nSPS) is 16.1. The monoisotopic (exact) mass is 368 g/mol. The highest BCUT2D eigenvalue weighted by atomic mass is 16.5. The van der Waals surface area contributed by atoms with Gasteiger partial charge >= 0.3 is 0 Å². The van der Waals surface area contributed by atoms with E-state index in [9.17, 15) is 0 Å². The largest absolute Gasteiger partial charge is 0.490 e. The Hall–Kier alpha value is -2.67. The summed E-state index contributed by atoms with van der Waals surface area (Å²) in [6, 6.07) is 10.3. The van der Waals surface area contributed by atoms with Crippen LogP contribution in [-0.2, 0) is 6.54 Å². The van der Waals surface area contributed by atoms with Gasteiger partial charge in [-0.25, -0.2) is 0 Å². The van der Waals surface area contributed by atoms with E-state index in [0.29, 0.717) is 19.2 Å². The van der Waals surface area contributed by atoms with Crippen molar-refractivity contribution in [1.82, 2.24) is 25.5 Å². The Kier molecular flexibility index (Phi) is 7.41. The molecule has 0 radical (unpaired) electrons. The molecule has 1 aliphatic rings. The van der Waals surface area contributed by atoms with Crippen LogP contribution in [0.4, 0.5) is 0 Å². The van der Waals surface area contributed by atoms with Crippen molar-refractivity contribution in [2.24, 2.45) is 4.99 Å². The van der Waals surface area contributed by atoms with Gasteiger partial charge in [-0.1, -0.05) is 6.07 Å². The summed E-state index contributed by atoms with van der Waals surface area (Å²) < 4.78 is 5.64. The van der Waals surface area contributed by atoms with Gasteiger partial charge in [0.15, 0.2) is 5.96 Å². The van der Waals surface area contributed by atoms with Crippen molar-refractivity contribution in [2.75, 3.05) is 33.3 Å². The quantitative estimate of drug-likeness (QED) is 0.440. The van der Waals surface area contributed by atoms with Crippen molar-refractivity contribution >= 4 is 5.96 Å². The molecule has 0 aromatic carbocycles. The molecule has 0 atom stereocenters. The van der Waals surface area contributed by atoms with Crippen molar-refractivity contribution in [3.05, 3.63) is 54.6 Å². The second kappa shape index (κ2) is 10.5. The third-order valence-corrected chi connectivity index (χ3v) is 4.56. The summed E-state index contributed by atoms with van der Waals surface area (Å²) in [5, 5.41) is 6.83. The first-order chi connectivity index (χ1) is 13.3. The van der Waals surface area contributed by atoms with Crippen LogP contribution in [0.2, 0.25) is 0 Å². The van der Waals surface area contributed by atoms with Gasteiger partial charge in [-0.2, -0.15) is 0 Å². The fourth-order valence-electron chi connectivity index (χ4n) is 3.11. The zero-order valence-electron chi connectivity index (χ0n) is 15.8. The predicted octanol–water partition coefficient (Wildman–Crippen LogP) is 1.69. The molecule has 1 aliphatic heterocycles. The molecule has 1 fully saturated rings. The van der Waals surface area contributed by atoms with Crippen molar-refractivity contribution < 1.29 is 4.74 Å². The Bertz CT molecular complexity index is 686. The lowest BCUT2D eigenvalue weighted by atomic mass is 10.1. The number of hydrogen-bond donors (Lipinski definition) is 2. The molecule has 7 nitrogen and oxygen atoms in total. The van der Waals surface area contributed by atoms with Gasteiger partial charge in [0.05, 0.1) is 18.4 Å². The number of guanidine groups is 1. The molecule has 0 spiro atoms. The number of likely N-dealkylation sites (tertiary alicyclic amines) is 1. The Labute approximate surface area is 160 Å². The molecule has 0 amide bonds. The van der Waals surface area contributed by atoms with Crippen molar-refractivity contribution in [3.63, 3.8) is 0 Å². The molecule has 2 aromatic rings. The number of aromatic nitrogens is 2. The predicted molar refractivity (Wildman–Crippen MR) is 107 cm³/mol. The smallest absolute Gasteiger partial charge is 0.191 e. The average molecular weight is 368 g/mol. The second-order valence-electron chi connectivity index (χ2n) is 6.55. The van der Waals surface area contributed by atoms with E-state index in [-0.39, 0.29) is 0 Å². The fourth-order valence-corrected chi connectivity index (χ4v) is 3.11. The van der Waals surface area contributed by atoms with E-state index >= 15 is 0 Å². The van der Waals surface area contributed by atoms with E-state index in [2.05, 4.69) is 36.6 Å². The number of hydrogen-bond acceptors (Lipinski definition) is 5. The van der Waals surface area contributed by atoms with E-state index in [0.717, 1.165) is 49.9 Å². The topological polar surface area (TPSA) is 74.7 Å². The maximum atomic E-state index is 5.64. The number of nitrogens with zero attached hydrogens (tertiary/aromatic N) is 4. The van der Waals surface area contributed by atoms with Gasteiger partial charge in [-0.15, -0.1) is 0 Å². The maximum absolute atomic E-state index is 5.64. The highest BCUT2D eigenvalue weighted by molar-refractivity contribution is 5.79. The Morgan fingerprint density at radius 2 is 2.11 bits per heavy atom. The number of pyridine rings is 2. The molecule has 7 heteroatoms. The Morgan fingerprint density at radius 1 is 1.22 bits per heavy atom. The first kappa shape index (κ1) is 19.1. The number of piperidine rings is 1. The van der Waals surface area contributed by atoms with Gasteiger partial charge < -0.3 is 15.4 Å². The zero-order valence-corrected chi connectivity index (χ0v) is 15.8. The van der Waals surface area contributed by atoms with Crippen LogP contribution in [0.5, 0.6) is 5.75 Å². The molecular formula is C20H28N6O. The van der Waals surface area contributed by atoms with Crippen LogP contribution in [0.3, 0.4) is 0 Å². The molecule has 0 saturated carbocycles. The molecule has 3 heterocycles. The van der Waals surface area contributed by atoms with Crippen LogP contribution in [0.15, 0.2) is 53.9 Å². The number of aliphatic imine (C=N–C) groups is 1. The van der Waals surface area contributed by atoms with E-state index < -0.39 is 0 Å². The van der Waals surface area contributed by atoms with Gasteiger partial charge in [-0.3, -0.25) is 19.9 Å². The van der Waals surface area contributed by atoms with Crippen LogP contribution in [0.1, 0.15) is 18.5 Å². The summed E-state index contributed by atoms with van der Waals surface area (Å²) in [4.78, 5) is 15.2. The third-order valence-electron chi connectivity index (χ3n) is 4.56. The summed E-state index contributed by atoms with van der Waals surface area (Å²) in [6.45, 7) is 4.30. The molecule has 144 valence electrons. The molecule has 0 bridgehead atoms. The lowest BCUT2D eigenvalue weighted by Gasteiger charge is -2.32. The molecule has 3 rings (SSSR count). The minimum Gasteiger partial charge on any atom is -0.490 e. The SMILES string of the molecule is CN=C(NCCOc1cccnc1)NC1CCN(Cc2ccccn2)CC1. The van der Waals surface area contributed by atoms with Gasteiger partial charge in [0.1, 0.15) is 12.4 Å². The van der Waals surface area contributed by atoms with Crippen molar-refractivity contribution in [3.8, 4) is 5.75 Å². The number of rotatable bonds is 7. The van der Waals surface area contributed by atoms with Gasteiger partial charge in [-0.05, 0) is 37.1 Å². The van der Waals surface area contributed by atoms with E-state index in [1.54, 1.807) is 19.4 Å². The molecular weight excluding hydrogens is 340 g/mol. The highest BCUT2D eigenvalue weighted by Crippen LogP contribution is 2.12. The molecule has 27 heavy (non-hydrogen) atoms. The Morgan fingerprint density at radius 3 is 2.81 bits per heavy atom. The van der Waals surface area contributed by atoms with Crippen LogP contribution in [0, 0.1) is 0 Å². The highest BCUT2D eigenvalue weighted by Gasteiger charge is 2.20. The second-order valence-corrected chi connectivity index (χ2v) is 6.55. The average Bonchev–Trinajstić information content (AvgIpc) is 2.73. The summed E-state index contributed by atoms with van der Waals surface area (Å²) in [5.74, 6) is 1.61. The van der Waals surface area contributed by atoms with Crippen LogP contribution >= 0.6 is 0 Å². The number of nitrogens with one attached hydrogen (secondary N) is 2. The van der Waals surface area contributed by atoms with E-state index in [1.165, 1.54) is 0 Å². The molecule has 0 aliphatic carbocycles. The number of ether oxygens (including phenoxy) is 1. The lowest BCUT2D eigenvalue weighted by Crippen LogP contribution is -2.49. The molecule has 0 unspecified atom stereocenters. The zero-order chi connectivity index (χ0) is 18.7. The van der Waals surface area contributed by atoms with E-state index in [1.807, 2.05) is 30.5 Å². The minimum absolute atomic E-state index is 0.440. The molecule has 2 N–H and O–H groups in total. The van der Waals surface area contributed by atoms with Crippen LogP contribution < -0.4 is 15.4 Å². The van der Waals surface area contributed by atoms with Crippen LogP contribution in [0.25, 0.3) is 0 Å². The lowest BCUT2D eigenvalue weighted by molar-refractivity contribution is 0.196. The summed E-state index contributed by atoms with van der Waals surface area (Å²) in [5.41, 5.74) is 1.13. The van der Waals surface area contributed by atoms with E-state index in [4.69, 9.17) is 4.74 Å². The molecule has 2 aromatic heterocycles. The summed E-state index contributed by atoms with van der Waals surface area (Å²) in [6.07, 6.45) is 7.50. The fraction of sp³-hybridized carbons (Fsp3) is 0.450. The summed E-state index contributed by atoms with van der Waals surface area (Å²) in [7, 11) is 1.80. The van der Waals surface area contributed by atoms with Crippen molar-refractivity contribution in [2.45, 2.75) is 25.4 Å². The first-order valence-electron chi connectivity index (χ1n) is 9.46. The molecule has 1 saturated heterocycles. The standard InChI is InChI=1S/C20H28N6O/c1-21-20(24-11-14-27-19-6-4-9-22-15-19)25-17-7-12-26(13-8-17)16-18-5-2-3-10-23-18/h2-6,9-10,15,17H,7-8,11-14,16H2,1H3,(H2,21,24,25).